The van der Waals surface area contributed by atoms with Crippen LogP contribution in [0.4, 0.5) is 0 Å². The zero-order valence-corrected chi connectivity index (χ0v) is 15.0. The smallest absolute Gasteiger partial charge is 0.226 e. The van der Waals surface area contributed by atoms with Crippen LogP contribution in [0.5, 0.6) is 0 Å². The average Bonchev–Trinajstić information content (AvgIpc) is 3.02. The lowest BCUT2D eigenvalue weighted by Crippen LogP contribution is -2.63. The molecular formula is C17H26N4O2S. The van der Waals surface area contributed by atoms with Crippen LogP contribution in [0.3, 0.4) is 0 Å². The van der Waals surface area contributed by atoms with Gasteiger partial charge in [-0.2, -0.15) is 10.3 Å². The minimum absolute atomic E-state index is 0.156. The van der Waals surface area contributed by atoms with Gasteiger partial charge in [0.25, 0.3) is 0 Å². The van der Waals surface area contributed by atoms with E-state index in [9.17, 15) is 9.90 Å². The summed E-state index contributed by atoms with van der Waals surface area (Å²) in [5.74, 6) is 1.45. The van der Waals surface area contributed by atoms with Crippen molar-refractivity contribution in [2.24, 2.45) is 16.7 Å². The second kappa shape index (κ2) is 5.73. The van der Waals surface area contributed by atoms with Gasteiger partial charge in [0.05, 0.1) is 17.2 Å². The van der Waals surface area contributed by atoms with Gasteiger partial charge < -0.3 is 10.4 Å². The van der Waals surface area contributed by atoms with E-state index in [1.165, 1.54) is 6.42 Å². The highest BCUT2D eigenvalue weighted by Crippen LogP contribution is 2.67. The number of aromatic nitrogens is 3. The molecule has 0 unspecified atom stereocenters. The molecule has 0 aliphatic heterocycles. The zero-order chi connectivity index (χ0) is 16.8. The summed E-state index contributed by atoms with van der Waals surface area (Å²) in [5.41, 5.74) is -0.772. The van der Waals surface area contributed by atoms with Gasteiger partial charge in [0.15, 0.2) is 0 Å². The fraction of sp³-hybridized carbons (Fsp3) is 0.824. The van der Waals surface area contributed by atoms with Crippen LogP contribution in [-0.2, 0) is 4.79 Å². The topological polar surface area (TPSA) is 90.9 Å². The van der Waals surface area contributed by atoms with Crippen LogP contribution in [0.1, 0.15) is 51.9 Å². The fourth-order valence-corrected chi connectivity index (χ4v) is 6.65. The molecule has 5 rings (SSSR count). The quantitative estimate of drug-likeness (QED) is 0.540. The molecule has 4 atom stereocenters. The van der Waals surface area contributed by atoms with Crippen molar-refractivity contribution in [2.75, 3.05) is 12.3 Å². The molecule has 1 amide bonds. The maximum absolute atomic E-state index is 13.0. The number of aliphatic hydroxyl groups is 1. The zero-order valence-electron chi connectivity index (χ0n) is 14.2. The first-order valence-electron chi connectivity index (χ1n) is 8.96. The Morgan fingerprint density at radius 3 is 3.00 bits per heavy atom. The largest absolute Gasteiger partial charge is 0.390 e. The van der Waals surface area contributed by atoms with Crippen molar-refractivity contribution < 1.29 is 9.90 Å². The van der Waals surface area contributed by atoms with Gasteiger partial charge in [-0.15, -0.1) is 16.9 Å². The highest BCUT2D eigenvalue weighted by molar-refractivity contribution is 7.99. The number of hydrogen-bond acceptors (Lipinski definition) is 5. The standard InChI is InChI=1S/C17H26N4O2S/c1-2-15-5-12-6-16(9-15,11-17(23,7-12)10-15)14(22)18-3-4-24-13-8-19-21-20-13/h8,12,23H,2-7,9-11H2,1H3,(H,18,22)(H,19,20,21)/t12-,15+,16-,17-/m1/s1. The first-order valence-corrected chi connectivity index (χ1v) is 9.94. The molecule has 0 aromatic carbocycles. The summed E-state index contributed by atoms with van der Waals surface area (Å²) in [5, 5.41) is 25.3. The molecule has 4 fully saturated rings. The van der Waals surface area contributed by atoms with Gasteiger partial charge in [0.1, 0.15) is 5.03 Å². The number of carbonyl (C=O) groups is 1. The maximum Gasteiger partial charge on any atom is 0.226 e. The predicted octanol–water partition coefficient (Wildman–Crippen LogP) is 2.12. The lowest BCUT2D eigenvalue weighted by atomic mass is 9.42. The van der Waals surface area contributed by atoms with Crippen LogP contribution in [0.25, 0.3) is 0 Å². The third kappa shape index (κ3) is 2.75. The minimum Gasteiger partial charge on any atom is -0.390 e. The van der Waals surface area contributed by atoms with E-state index in [1.54, 1.807) is 18.0 Å². The molecular weight excluding hydrogens is 324 g/mol. The van der Waals surface area contributed by atoms with E-state index in [4.69, 9.17) is 0 Å². The van der Waals surface area contributed by atoms with Crippen molar-refractivity contribution >= 4 is 17.7 Å². The van der Waals surface area contributed by atoms with Crippen molar-refractivity contribution in [1.29, 1.82) is 0 Å². The van der Waals surface area contributed by atoms with Gasteiger partial charge in [-0.1, -0.05) is 13.3 Å². The first-order chi connectivity index (χ1) is 11.5. The number of amides is 1. The molecule has 7 heteroatoms. The molecule has 4 bridgehead atoms. The molecule has 3 N–H and O–H groups in total. The molecule has 1 aromatic heterocycles. The molecule has 4 saturated carbocycles. The molecule has 24 heavy (non-hydrogen) atoms. The molecule has 1 heterocycles. The highest BCUT2D eigenvalue weighted by Gasteiger charge is 2.64. The van der Waals surface area contributed by atoms with Crippen molar-refractivity contribution in [3.05, 3.63) is 6.20 Å². The summed E-state index contributed by atoms with van der Waals surface area (Å²) in [6, 6.07) is 0. The Labute approximate surface area is 146 Å². The number of aromatic amines is 1. The predicted molar refractivity (Wildman–Crippen MR) is 91.4 cm³/mol. The molecule has 0 saturated heterocycles. The molecule has 6 nitrogen and oxygen atoms in total. The van der Waals surface area contributed by atoms with Gasteiger partial charge in [-0.05, 0) is 49.9 Å². The van der Waals surface area contributed by atoms with Gasteiger partial charge in [-0.3, -0.25) is 4.79 Å². The lowest BCUT2D eigenvalue weighted by molar-refractivity contribution is -0.204. The summed E-state index contributed by atoms with van der Waals surface area (Å²) in [4.78, 5) is 13.0. The second-order valence-corrected chi connectivity index (χ2v) is 9.39. The highest BCUT2D eigenvalue weighted by atomic mass is 32.2. The second-order valence-electron chi connectivity index (χ2n) is 8.28. The van der Waals surface area contributed by atoms with Crippen LogP contribution in [0.2, 0.25) is 0 Å². The first kappa shape index (κ1) is 16.4. The molecule has 132 valence electrons. The number of thioether (sulfide) groups is 1. The molecule has 4 aliphatic carbocycles. The Morgan fingerprint density at radius 1 is 1.42 bits per heavy atom. The Morgan fingerprint density at radius 2 is 2.29 bits per heavy atom. The van der Waals surface area contributed by atoms with E-state index in [1.807, 2.05) is 0 Å². The molecule has 4 aliphatic rings. The average molecular weight is 350 g/mol. The number of hydrogen-bond donors (Lipinski definition) is 3. The van der Waals surface area contributed by atoms with Gasteiger partial charge >= 0.3 is 0 Å². The number of nitrogens with zero attached hydrogens (tertiary/aromatic N) is 2. The number of nitrogens with one attached hydrogen (secondary N) is 2. The van der Waals surface area contributed by atoms with Gasteiger partial charge in [0, 0.05) is 12.3 Å². The summed E-state index contributed by atoms with van der Waals surface area (Å²) >= 11 is 1.58. The van der Waals surface area contributed by atoms with Crippen molar-refractivity contribution in [1.82, 2.24) is 20.7 Å². The Hall–Kier alpha value is -1.08. The van der Waals surface area contributed by atoms with E-state index in [0.29, 0.717) is 18.9 Å². The SMILES string of the molecule is CC[C@@]12C[C@H]3C[C@@](O)(C1)C[C@@](C(=O)NCCSc1cn[nH]n1)(C3)C2. The third-order valence-electron chi connectivity index (χ3n) is 6.42. The maximum atomic E-state index is 13.0. The summed E-state index contributed by atoms with van der Waals surface area (Å²) in [7, 11) is 0. The van der Waals surface area contributed by atoms with Gasteiger partial charge in [0.2, 0.25) is 5.91 Å². The van der Waals surface area contributed by atoms with Crippen molar-refractivity contribution in [2.45, 2.75) is 62.5 Å². The van der Waals surface area contributed by atoms with Crippen LogP contribution in [0, 0.1) is 16.7 Å². The molecule has 0 spiro atoms. The van der Waals surface area contributed by atoms with Crippen LogP contribution in [-0.4, -0.2) is 44.3 Å². The van der Waals surface area contributed by atoms with E-state index < -0.39 is 5.60 Å². The van der Waals surface area contributed by atoms with Crippen molar-refractivity contribution in [3.63, 3.8) is 0 Å². The van der Waals surface area contributed by atoms with Crippen molar-refractivity contribution in [3.8, 4) is 0 Å². The summed E-state index contributed by atoms with van der Waals surface area (Å²) < 4.78 is 0. The molecule has 0 radical (unpaired) electrons. The van der Waals surface area contributed by atoms with E-state index in [2.05, 4.69) is 27.7 Å². The van der Waals surface area contributed by atoms with Crippen LogP contribution < -0.4 is 5.32 Å². The number of carbonyl (C=O) groups excluding carboxylic acids is 1. The summed E-state index contributed by atoms with van der Waals surface area (Å²) in [6.07, 6.45) is 8.31. The fourth-order valence-electron chi connectivity index (χ4n) is 6.00. The number of rotatable bonds is 6. The monoisotopic (exact) mass is 350 g/mol. The van der Waals surface area contributed by atoms with E-state index in [0.717, 1.165) is 42.9 Å². The minimum atomic E-state index is -0.609. The van der Waals surface area contributed by atoms with Gasteiger partial charge in [-0.25, -0.2) is 0 Å². The van der Waals surface area contributed by atoms with Crippen LogP contribution in [0.15, 0.2) is 11.2 Å². The Bertz CT molecular complexity index is 624. The summed E-state index contributed by atoms with van der Waals surface area (Å²) in [6.45, 7) is 2.84. The van der Waals surface area contributed by atoms with E-state index >= 15 is 0 Å². The third-order valence-corrected chi connectivity index (χ3v) is 7.32. The molecule has 1 aromatic rings. The van der Waals surface area contributed by atoms with E-state index in [-0.39, 0.29) is 16.7 Å². The lowest BCUT2D eigenvalue weighted by Gasteiger charge is -2.64. The Kier molecular flexibility index (Phi) is 3.91. The Balaban J connectivity index is 1.40. The number of H-pyrrole nitrogens is 1. The van der Waals surface area contributed by atoms with Crippen LogP contribution >= 0.6 is 11.8 Å². The normalized spacial score (nSPS) is 40.0.